The average molecular weight is 146 g/mol. The van der Waals surface area contributed by atoms with Crippen molar-refractivity contribution in [3.8, 4) is 0 Å². The minimum Gasteiger partial charge on any atom is -0.481 e. The molecule has 0 aliphatic heterocycles. The van der Waals surface area contributed by atoms with Crippen LogP contribution in [0.1, 0.15) is 26.2 Å². The Labute approximate surface area is 60.4 Å². The van der Waals surface area contributed by atoms with Crippen molar-refractivity contribution in [2.75, 3.05) is 0 Å². The van der Waals surface area contributed by atoms with Gasteiger partial charge in [0.2, 0.25) is 0 Å². The van der Waals surface area contributed by atoms with Crippen LogP contribution in [0, 0.1) is 0 Å². The standard InChI is InChI=1S/C6H14N2O2/c1-2-5(8-7)3-4-6(9)10/h5,8H,2-4,7H2,1H3,(H,9,10). The first kappa shape index (κ1) is 9.39. The molecule has 0 fully saturated rings. The number of carboxylic acid groups (broad SMARTS) is 1. The number of hydrogen-bond donors (Lipinski definition) is 3. The maximum Gasteiger partial charge on any atom is 0.303 e. The molecule has 1 unspecified atom stereocenters. The molecule has 0 aliphatic carbocycles. The van der Waals surface area contributed by atoms with Crippen LogP contribution < -0.4 is 11.3 Å². The van der Waals surface area contributed by atoms with Crippen LogP contribution in [0.3, 0.4) is 0 Å². The maximum absolute atomic E-state index is 10.1. The smallest absolute Gasteiger partial charge is 0.303 e. The number of carbonyl (C=O) groups is 1. The Morgan fingerprint density at radius 2 is 2.40 bits per heavy atom. The van der Waals surface area contributed by atoms with Crippen molar-refractivity contribution in [1.29, 1.82) is 0 Å². The zero-order valence-corrected chi connectivity index (χ0v) is 6.13. The summed E-state index contributed by atoms with van der Waals surface area (Å²) >= 11 is 0. The molecule has 1 atom stereocenters. The summed E-state index contributed by atoms with van der Waals surface area (Å²) in [5.74, 6) is 4.36. The van der Waals surface area contributed by atoms with E-state index >= 15 is 0 Å². The molecule has 0 radical (unpaired) electrons. The van der Waals surface area contributed by atoms with Crippen molar-refractivity contribution >= 4 is 5.97 Å². The Bertz CT molecular complexity index is 102. The van der Waals surface area contributed by atoms with E-state index < -0.39 is 5.97 Å². The molecule has 0 bridgehead atoms. The van der Waals surface area contributed by atoms with E-state index in [0.29, 0.717) is 6.42 Å². The zero-order valence-electron chi connectivity index (χ0n) is 6.13. The molecule has 4 heteroatoms. The highest BCUT2D eigenvalue weighted by Crippen LogP contribution is 1.99. The van der Waals surface area contributed by atoms with Crippen molar-refractivity contribution in [2.24, 2.45) is 5.84 Å². The van der Waals surface area contributed by atoms with Crippen molar-refractivity contribution in [1.82, 2.24) is 5.43 Å². The molecule has 0 aromatic rings. The number of aliphatic carboxylic acids is 1. The Morgan fingerprint density at radius 1 is 1.80 bits per heavy atom. The summed E-state index contributed by atoms with van der Waals surface area (Å²) in [7, 11) is 0. The minimum atomic E-state index is -0.770. The van der Waals surface area contributed by atoms with Gasteiger partial charge in [-0.25, -0.2) is 0 Å². The van der Waals surface area contributed by atoms with Gasteiger partial charge >= 0.3 is 5.97 Å². The molecular weight excluding hydrogens is 132 g/mol. The Balaban J connectivity index is 3.34. The fraction of sp³-hybridized carbons (Fsp3) is 0.833. The maximum atomic E-state index is 10.1. The predicted octanol–water partition coefficient (Wildman–Crippen LogP) is 0.0931. The highest BCUT2D eigenvalue weighted by molar-refractivity contribution is 5.66. The Hall–Kier alpha value is -0.610. The molecule has 0 aromatic carbocycles. The molecule has 0 heterocycles. The molecule has 60 valence electrons. The lowest BCUT2D eigenvalue weighted by molar-refractivity contribution is -0.137. The molecule has 0 aliphatic rings. The first-order valence-corrected chi connectivity index (χ1v) is 3.38. The van der Waals surface area contributed by atoms with Crippen molar-refractivity contribution in [3.05, 3.63) is 0 Å². The third-order valence-corrected chi connectivity index (χ3v) is 1.44. The number of nitrogens with two attached hydrogens (primary N) is 1. The van der Waals surface area contributed by atoms with E-state index in [4.69, 9.17) is 10.9 Å². The van der Waals surface area contributed by atoms with E-state index in [2.05, 4.69) is 5.43 Å². The van der Waals surface area contributed by atoms with Gasteiger partial charge in [-0.05, 0) is 12.8 Å². The normalized spacial score (nSPS) is 13.0. The molecule has 0 aromatic heterocycles. The van der Waals surface area contributed by atoms with Crippen LogP contribution in [0.25, 0.3) is 0 Å². The summed E-state index contributed by atoms with van der Waals surface area (Å²) in [5, 5.41) is 8.28. The first-order valence-electron chi connectivity index (χ1n) is 3.38. The molecule has 4 N–H and O–H groups in total. The molecule has 0 amide bonds. The fourth-order valence-corrected chi connectivity index (χ4v) is 0.703. The molecule has 0 saturated heterocycles. The molecule has 10 heavy (non-hydrogen) atoms. The Morgan fingerprint density at radius 3 is 2.70 bits per heavy atom. The van der Waals surface area contributed by atoms with Crippen LogP contribution >= 0.6 is 0 Å². The van der Waals surface area contributed by atoms with Gasteiger partial charge in [0.15, 0.2) is 0 Å². The quantitative estimate of drug-likeness (QED) is 0.379. The number of carboxylic acids is 1. The Kier molecular flexibility index (Phi) is 4.88. The second kappa shape index (κ2) is 5.20. The van der Waals surface area contributed by atoms with Crippen LogP contribution in [0.4, 0.5) is 0 Å². The van der Waals surface area contributed by atoms with Crippen LogP contribution in [0.15, 0.2) is 0 Å². The van der Waals surface area contributed by atoms with Crippen molar-refractivity contribution < 1.29 is 9.90 Å². The third kappa shape index (κ3) is 4.29. The van der Waals surface area contributed by atoms with E-state index in [1.165, 1.54) is 0 Å². The summed E-state index contributed by atoms with van der Waals surface area (Å²) in [4.78, 5) is 10.1. The second-order valence-corrected chi connectivity index (χ2v) is 2.20. The van der Waals surface area contributed by atoms with Crippen LogP contribution in [-0.4, -0.2) is 17.1 Å². The minimum absolute atomic E-state index is 0.135. The molecular formula is C6H14N2O2. The molecule has 0 spiro atoms. The fourth-order valence-electron chi connectivity index (χ4n) is 0.703. The van der Waals surface area contributed by atoms with E-state index in [1.807, 2.05) is 6.92 Å². The van der Waals surface area contributed by atoms with Crippen molar-refractivity contribution in [3.63, 3.8) is 0 Å². The lowest BCUT2D eigenvalue weighted by Crippen LogP contribution is -2.34. The SMILES string of the molecule is CCC(CCC(=O)O)NN. The van der Waals surface area contributed by atoms with Crippen LogP contribution in [0.5, 0.6) is 0 Å². The second-order valence-electron chi connectivity index (χ2n) is 2.20. The lowest BCUT2D eigenvalue weighted by atomic mass is 10.1. The monoisotopic (exact) mass is 146 g/mol. The topological polar surface area (TPSA) is 75.3 Å². The van der Waals surface area contributed by atoms with Crippen molar-refractivity contribution in [2.45, 2.75) is 32.2 Å². The number of nitrogens with one attached hydrogen (secondary N) is 1. The summed E-state index contributed by atoms with van der Waals surface area (Å²) in [5.41, 5.74) is 2.54. The average Bonchev–Trinajstić information content (AvgIpc) is 1.90. The number of hydrazine groups is 1. The number of rotatable bonds is 5. The summed E-state index contributed by atoms with van der Waals surface area (Å²) in [6.07, 6.45) is 1.65. The highest BCUT2D eigenvalue weighted by atomic mass is 16.4. The van der Waals surface area contributed by atoms with E-state index in [1.54, 1.807) is 0 Å². The first-order chi connectivity index (χ1) is 4.70. The van der Waals surface area contributed by atoms with E-state index in [-0.39, 0.29) is 12.5 Å². The predicted molar refractivity (Wildman–Crippen MR) is 38.3 cm³/mol. The van der Waals surface area contributed by atoms with E-state index in [9.17, 15) is 4.79 Å². The van der Waals surface area contributed by atoms with Gasteiger partial charge in [-0.15, -0.1) is 0 Å². The van der Waals surface area contributed by atoms with Gasteiger partial charge < -0.3 is 5.11 Å². The number of hydrogen-bond acceptors (Lipinski definition) is 3. The van der Waals surface area contributed by atoms with Gasteiger partial charge in [0.25, 0.3) is 0 Å². The lowest BCUT2D eigenvalue weighted by Gasteiger charge is -2.10. The van der Waals surface area contributed by atoms with Gasteiger partial charge in [0.1, 0.15) is 0 Å². The largest absolute Gasteiger partial charge is 0.481 e. The van der Waals surface area contributed by atoms with Gasteiger partial charge in [-0.3, -0.25) is 16.1 Å². The van der Waals surface area contributed by atoms with Gasteiger partial charge in [0, 0.05) is 12.5 Å². The zero-order chi connectivity index (χ0) is 7.98. The van der Waals surface area contributed by atoms with Gasteiger partial charge in [-0.2, -0.15) is 0 Å². The van der Waals surface area contributed by atoms with Gasteiger partial charge in [0.05, 0.1) is 0 Å². The summed E-state index contributed by atoms with van der Waals surface area (Å²) in [6.45, 7) is 1.96. The third-order valence-electron chi connectivity index (χ3n) is 1.44. The van der Waals surface area contributed by atoms with Crippen LogP contribution in [0.2, 0.25) is 0 Å². The summed E-state index contributed by atoms with van der Waals surface area (Å²) in [6, 6.07) is 0.135. The molecule has 4 nitrogen and oxygen atoms in total. The highest BCUT2D eigenvalue weighted by Gasteiger charge is 2.05. The molecule has 0 saturated carbocycles. The van der Waals surface area contributed by atoms with E-state index in [0.717, 1.165) is 6.42 Å². The van der Waals surface area contributed by atoms with Crippen LogP contribution in [-0.2, 0) is 4.79 Å². The van der Waals surface area contributed by atoms with Gasteiger partial charge in [-0.1, -0.05) is 6.92 Å². The summed E-state index contributed by atoms with van der Waals surface area (Å²) < 4.78 is 0. The molecule has 0 rings (SSSR count).